The van der Waals surface area contributed by atoms with Gasteiger partial charge in [0, 0.05) is 24.4 Å². The maximum absolute atomic E-state index is 12.2. The van der Waals surface area contributed by atoms with Gasteiger partial charge in [-0.15, -0.1) is 0 Å². The van der Waals surface area contributed by atoms with Crippen molar-refractivity contribution < 1.29 is 19.1 Å². The van der Waals surface area contributed by atoms with Crippen LogP contribution in [0.5, 0.6) is 0 Å². The lowest BCUT2D eigenvalue weighted by Crippen LogP contribution is -2.26. The van der Waals surface area contributed by atoms with Gasteiger partial charge in [0.2, 0.25) is 0 Å². The molecule has 1 aliphatic rings. The standard InChI is InChI=1S/C27H22ClNO4/c1-32-26(30)23-16-18(13-14-25(23)28)8-6-7-15-29-27(31)33-17-24-21-11-4-2-9-19(21)20-10-3-5-12-22(20)24/h2-5,9-14,16,24H,7,15,17H2,1H3,(H,29,31). The molecule has 0 fully saturated rings. The molecular formula is C27H22ClNO4. The molecule has 0 heterocycles. The number of halogens is 1. The van der Waals surface area contributed by atoms with Crippen LogP contribution in [-0.2, 0) is 9.47 Å². The van der Waals surface area contributed by atoms with Gasteiger partial charge in [0.25, 0.3) is 0 Å². The fourth-order valence-corrected chi connectivity index (χ4v) is 4.11. The average molecular weight is 460 g/mol. The summed E-state index contributed by atoms with van der Waals surface area (Å²) < 4.78 is 10.2. The molecule has 5 nitrogen and oxygen atoms in total. The lowest BCUT2D eigenvalue weighted by molar-refractivity contribution is 0.0601. The van der Waals surface area contributed by atoms with E-state index in [1.807, 2.05) is 24.3 Å². The van der Waals surface area contributed by atoms with E-state index in [0.717, 1.165) is 0 Å². The number of carbonyl (C=O) groups excluding carboxylic acids is 2. The fraction of sp³-hybridized carbons (Fsp3) is 0.185. The van der Waals surface area contributed by atoms with Crippen LogP contribution in [0.1, 0.15) is 39.4 Å². The van der Waals surface area contributed by atoms with E-state index in [9.17, 15) is 9.59 Å². The molecule has 3 aromatic carbocycles. The minimum atomic E-state index is -0.513. The second kappa shape index (κ2) is 10.2. The van der Waals surface area contributed by atoms with Gasteiger partial charge in [-0.1, -0.05) is 72.0 Å². The Balaban J connectivity index is 1.28. The molecule has 1 amide bonds. The summed E-state index contributed by atoms with van der Waals surface area (Å²) in [7, 11) is 1.30. The van der Waals surface area contributed by atoms with Crippen molar-refractivity contribution in [1.29, 1.82) is 0 Å². The number of benzene rings is 3. The van der Waals surface area contributed by atoms with E-state index in [1.54, 1.807) is 18.2 Å². The number of amides is 1. The van der Waals surface area contributed by atoms with Crippen molar-refractivity contribution in [3.63, 3.8) is 0 Å². The summed E-state index contributed by atoms with van der Waals surface area (Å²) in [4.78, 5) is 23.9. The van der Waals surface area contributed by atoms with Gasteiger partial charge in [0.05, 0.1) is 17.7 Å². The Morgan fingerprint density at radius 1 is 1.00 bits per heavy atom. The fourth-order valence-electron chi connectivity index (χ4n) is 3.91. The Kier molecular flexibility index (Phi) is 6.97. The first-order valence-corrected chi connectivity index (χ1v) is 10.9. The number of alkyl carbamates (subject to hydrolysis) is 1. The molecule has 0 aliphatic heterocycles. The van der Waals surface area contributed by atoms with E-state index in [0.29, 0.717) is 23.6 Å². The van der Waals surface area contributed by atoms with Crippen molar-refractivity contribution in [3.8, 4) is 23.0 Å². The number of hydrogen-bond donors (Lipinski definition) is 1. The predicted octanol–water partition coefficient (Wildman–Crippen LogP) is 5.41. The first-order valence-electron chi connectivity index (χ1n) is 10.5. The third-order valence-electron chi connectivity index (χ3n) is 5.47. The van der Waals surface area contributed by atoms with Crippen molar-refractivity contribution in [1.82, 2.24) is 5.32 Å². The summed E-state index contributed by atoms with van der Waals surface area (Å²) in [5, 5.41) is 3.04. The summed E-state index contributed by atoms with van der Waals surface area (Å²) in [6, 6.07) is 21.3. The molecule has 1 N–H and O–H groups in total. The van der Waals surface area contributed by atoms with Crippen LogP contribution in [0.2, 0.25) is 5.02 Å². The maximum Gasteiger partial charge on any atom is 0.407 e. The van der Waals surface area contributed by atoms with E-state index < -0.39 is 12.1 Å². The van der Waals surface area contributed by atoms with Crippen molar-refractivity contribution in [3.05, 3.63) is 94.0 Å². The van der Waals surface area contributed by atoms with Crippen LogP contribution in [0, 0.1) is 11.8 Å². The number of rotatable bonds is 5. The molecule has 0 atom stereocenters. The largest absolute Gasteiger partial charge is 0.465 e. The normalized spacial score (nSPS) is 11.6. The SMILES string of the molecule is COC(=O)c1cc(C#CCCNC(=O)OCC2c3ccccc3-c3ccccc32)ccc1Cl. The highest BCUT2D eigenvalue weighted by Gasteiger charge is 2.28. The van der Waals surface area contributed by atoms with Crippen LogP contribution in [-0.4, -0.2) is 32.3 Å². The third kappa shape index (κ3) is 5.02. The number of methoxy groups -OCH3 is 1. The lowest BCUT2D eigenvalue weighted by Gasteiger charge is -2.14. The van der Waals surface area contributed by atoms with Crippen molar-refractivity contribution in [2.24, 2.45) is 0 Å². The molecule has 33 heavy (non-hydrogen) atoms. The van der Waals surface area contributed by atoms with Crippen LogP contribution in [0.15, 0.2) is 66.7 Å². The molecule has 3 aromatic rings. The molecule has 4 rings (SSSR count). The molecule has 166 valence electrons. The predicted molar refractivity (Wildman–Crippen MR) is 127 cm³/mol. The molecule has 0 saturated heterocycles. The Hall–Kier alpha value is -3.75. The van der Waals surface area contributed by atoms with E-state index in [2.05, 4.69) is 41.4 Å². The lowest BCUT2D eigenvalue weighted by atomic mass is 9.98. The molecule has 0 radical (unpaired) electrons. The maximum atomic E-state index is 12.2. The van der Waals surface area contributed by atoms with E-state index >= 15 is 0 Å². The summed E-state index contributed by atoms with van der Waals surface area (Å²) in [6.45, 7) is 0.619. The molecule has 6 heteroatoms. The highest BCUT2D eigenvalue weighted by molar-refractivity contribution is 6.33. The Morgan fingerprint density at radius 2 is 1.67 bits per heavy atom. The van der Waals surface area contributed by atoms with Gasteiger partial charge in [0.15, 0.2) is 0 Å². The number of fused-ring (bicyclic) bond motifs is 3. The summed E-state index contributed by atoms with van der Waals surface area (Å²) in [5.74, 6) is 5.44. The Morgan fingerprint density at radius 3 is 2.33 bits per heavy atom. The van der Waals surface area contributed by atoms with Crippen LogP contribution in [0.25, 0.3) is 11.1 Å². The molecule has 0 spiro atoms. The molecule has 1 aliphatic carbocycles. The summed E-state index contributed by atoms with van der Waals surface area (Å²) >= 11 is 6.01. The highest BCUT2D eigenvalue weighted by atomic mass is 35.5. The van der Waals surface area contributed by atoms with Gasteiger partial charge >= 0.3 is 12.1 Å². The third-order valence-corrected chi connectivity index (χ3v) is 5.80. The van der Waals surface area contributed by atoms with Gasteiger partial charge < -0.3 is 14.8 Å². The second-order valence-electron chi connectivity index (χ2n) is 7.49. The van der Waals surface area contributed by atoms with Crippen LogP contribution in [0.3, 0.4) is 0 Å². The summed E-state index contributed by atoms with van der Waals surface area (Å²) in [5.41, 5.74) is 5.63. The zero-order valence-electron chi connectivity index (χ0n) is 18.1. The molecular weight excluding hydrogens is 438 g/mol. The second-order valence-corrected chi connectivity index (χ2v) is 7.90. The number of esters is 1. The van der Waals surface area contributed by atoms with Gasteiger partial charge in [0.1, 0.15) is 6.61 Å². The van der Waals surface area contributed by atoms with Gasteiger partial charge in [-0.25, -0.2) is 9.59 Å². The number of ether oxygens (including phenoxy) is 2. The Labute approximate surface area is 197 Å². The van der Waals surface area contributed by atoms with Crippen molar-refractivity contribution in [2.75, 3.05) is 20.3 Å². The number of nitrogens with one attached hydrogen (secondary N) is 1. The van der Waals surface area contributed by atoms with E-state index in [1.165, 1.54) is 29.4 Å². The molecule has 0 bridgehead atoms. The number of carbonyl (C=O) groups is 2. The molecule has 0 aromatic heterocycles. The highest BCUT2D eigenvalue weighted by Crippen LogP contribution is 2.44. The summed E-state index contributed by atoms with van der Waals surface area (Å²) in [6.07, 6.45) is -0.0430. The van der Waals surface area contributed by atoms with Gasteiger partial charge in [-0.05, 0) is 40.5 Å². The topological polar surface area (TPSA) is 64.6 Å². The first-order chi connectivity index (χ1) is 16.1. The first kappa shape index (κ1) is 22.4. The average Bonchev–Trinajstić information content (AvgIpc) is 3.16. The zero-order chi connectivity index (χ0) is 23.2. The van der Waals surface area contributed by atoms with Crippen molar-refractivity contribution >= 4 is 23.7 Å². The van der Waals surface area contributed by atoms with Crippen LogP contribution < -0.4 is 5.32 Å². The number of hydrogen-bond acceptors (Lipinski definition) is 4. The van der Waals surface area contributed by atoms with E-state index in [-0.39, 0.29) is 18.1 Å². The quantitative estimate of drug-likeness (QED) is 0.315. The minimum absolute atomic E-state index is 0.0249. The minimum Gasteiger partial charge on any atom is -0.465 e. The van der Waals surface area contributed by atoms with Crippen molar-refractivity contribution in [2.45, 2.75) is 12.3 Å². The molecule has 0 saturated carbocycles. The van der Waals surface area contributed by atoms with Gasteiger partial charge in [-0.3, -0.25) is 0 Å². The molecule has 0 unspecified atom stereocenters. The smallest absolute Gasteiger partial charge is 0.407 e. The van der Waals surface area contributed by atoms with Gasteiger partial charge in [-0.2, -0.15) is 0 Å². The van der Waals surface area contributed by atoms with Crippen LogP contribution >= 0.6 is 11.6 Å². The van der Waals surface area contributed by atoms with E-state index in [4.69, 9.17) is 21.1 Å². The zero-order valence-corrected chi connectivity index (χ0v) is 18.8. The Bertz CT molecular complexity index is 1210. The monoisotopic (exact) mass is 459 g/mol. The van der Waals surface area contributed by atoms with Crippen LogP contribution in [0.4, 0.5) is 4.79 Å².